The van der Waals surface area contributed by atoms with Crippen LogP contribution in [0.2, 0.25) is 0 Å². The average Bonchev–Trinajstić information content (AvgIpc) is 4.03. The minimum Gasteiger partial charge on any atom is -0.456 e. The van der Waals surface area contributed by atoms with Crippen molar-refractivity contribution in [3.05, 3.63) is 188 Å². The molecule has 0 radical (unpaired) electrons. The predicted molar refractivity (Wildman–Crippen MR) is 228 cm³/mol. The second-order valence-corrected chi connectivity index (χ2v) is 14.3. The molecule has 12 aromatic rings. The number of aromatic nitrogens is 5. The molecule has 0 saturated heterocycles. The van der Waals surface area contributed by atoms with Crippen molar-refractivity contribution in [3.63, 3.8) is 0 Å². The van der Waals surface area contributed by atoms with E-state index in [2.05, 4.69) is 153 Å². The molecule has 8 aromatic carbocycles. The lowest BCUT2D eigenvalue weighted by Crippen LogP contribution is -2.04. The normalized spacial score (nSPS) is 11.9. The van der Waals surface area contributed by atoms with Gasteiger partial charge in [0.15, 0.2) is 11.6 Å². The maximum Gasteiger partial charge on any atom is 0.168 e. The summed E-state index contributed by atoms with van der Waals surface area (Å²) in [6, 6.07) is 66.3. The lowest BCUT2D eigenvalue weighted by molar-refractivity contribution is 0.669. The lowest BCUT2D eigenvalue weighted by Gasteiger charge is -2.17. The first-order valence-electron chi connectivity index (χ1n) is 18.8. The van der Waals surface area contributed by atoms with Gasteiger partial charge in [-0.15, -0.1) is 10.2 Å². The zero-order valence-corrected chi connectivity index (χ0v) is 30.0. The fraction of sp³-hybridized carbons (Fsp3) is 0. The fourth-order valence-corrected chi connectivity index (χ4v) is 8.75. The van der Waals surface area contributed by atoms with Gasteiger partial charge in [-0.05, 0) is 54.6 Å². The first kappa shape index (κ1) is 30.7. The lowest BCUT2D eigenvalue weighted by atomic mass is 10.1. The molecule has 0 spiro atoms. The second-order valence-electron chi connectivity index (χ2n) is 14.3. The number of benzene rings is 8. The van der Waals surface area contributed by atoms with Crippen LogP contribution in [0.25, 0.3) is 105 Å². The van der Waals surface area contributed by atoms with Crippen LogP contribution in [-0.2, 0) is 0 Å². The smallest absolute Gasteiger partial charge is 0.168 e. The van der Waals surface area contributed by atoms with Gasteiger partial charge in [0, 0.05) is 54.8 Å². The quantitative estimate of drug-likeness (QED) is 0.178. The largest absolute Gasteiger partial charge is 0.456 e. The first-order valence-corrected chi connectivity index (χ1v) is 18.8. The zero-order chi connectivity index (χ0) is 36.7. The SMILES string of the molecule is c1ccc(-c2nnc(-c3ccccc3)n2-c2cccc3c4ccccc4n(-c4cccc(-n5c6ccccc6c6cc7oc8ccccc8c7cc65)c4)c23)cc1. The zero-order valence-electron chi connectivity index (χ0n) is 30.0. The molecule has 0 unspecified atom stereocenters. The van der Waals surface area contributed by atoms with E-state index in [1.165, 1.54) is 10.8 Å². The summed E-state index contributed by atoms with van der Waals surface area (Å²) in [7, 11) is 0. The molecule has 0 saturated carbocycles. The van der Waals surface area contributed by atoms with Crippen molar-refractivity contribution in [1.29, 1.82) is 0 Å². The van der Waals surface area contributed by atoms with E-state index >= 15 is 0 Å². The molecular weight excluding hydrogens is 687 g/mol. The van der Waals surface area contributed by atoms with Crippen LogP contribution in [0.15, 0.2) is 192 Å². The second kappa shape index (κ2) is 11.9. The van der Waals surface area contributed by atoms with Crippen LogP contribution in [0.4, 0.5) is 0 Å². The number of para-hydroxylation sites is 4. The molecule has 262 valence electrons. The van der Waals surface area contributed by atoms with Gasteiger partial charge in [-0.3, -0.25) is 4.57 Å². The maximum atomic E-state index is 6.37. The topological polar surface area (TPSA) is 53.7 Å². The Morgan fingerprint density at radius 3 is 1.61 bits per heavy atom. The van der Waals surface area contributed by atoms with Crippen molar-refractivity contribution < 1.29 is 4.42 Å². The highest BCUT2D eigenvalue weighted by Gasteiger charge is 2.23. The van der Waals surface area contributed by atoms with Gasteiger partial charge in [0.25, 0.3) is 0 Å². The van der Waals surface area contributed by atoms with Crippen molar-refractivity contribution in [2.45, 2.75) is 0 Å². The minimum atomic E-state index is 0.783. The average molecular weight is 718 g/mol. The number of rotatable bonds is 5. The molecule has 0 aliphatic rings. The molecule has 4 heterocycles. The Bertz CT molecular complexity index is 3420. The third kappa shape index (κ3) is 4.44. The number of fused-ring (bicyclic) bond motifs is 9. The molecular formula is C50H31N5O. The Morgan fingerprint density at radius 2 is 0.893 bits per heavy atom. The molecule has 12 rings (SSSR count). The Balaban J connectivity index is 1.15. The molecule has 4 aromatic heterocycles. The van der Waals surface area contributed by atoms with E-state index in [-0.39, 0.29) is 0 Å². The minimum absolute atomic E-state index is 0.783. The highest BCUT2D eigenvalue weighted by atomic mass is 16.3. The predicted octanol–water partition coefficient (Wildman–Crippen LogP) is 12.7. The van der Waals surface area contributed by atoms with E-state index in [4.69, 9.17) is 14.6 Å². The van der Waals surface area contributed by atoms with Gasteiger partial charge in [0.05, 0.1) is 27.8 Å². The Hall–Kier alpha value is -7.70. The van der Waals surface area contributed by atoms with E-state index in [0.29, 0.717) is 0 Å². The highest BCUT2D eigenvalue weighted by molar-refractivity contribution is 6.17. The number of hydrogen-bond donors (Lipinski definition) is 0. The summed E-state index contributed by atoms with van der Waals surface area (Å²) < 4.78 is 13.4. The van der Waals surface area contributed by atoms with Crippen LogP contribution in [0.5, 0.6) is 0 Å². The highest BCUT2D eigenvalue weighted by Crippen LogP contribution is 2.41. The van der Waals surface area contributed by atoms with Crippen LogP contribution in [0.1, 0.15) is 0 Å². The Labute approximate surface area is 320 Å². The molecule has 0 bridgehead atoms. The van der Waals surface area contributed by atoms with E-state index in [0.717, 1.165) is 94.6 Å². The van der Waals surface area contributed by atoms with Crippen molar-refractivity contribution >= 4 is 65.6 Å². The van der Waals surface area contributed by atoms with E-state index in [1.807, 2.05) is 48.5 Å². The van der Waals surface area contributed by atoms with E-state index < -0.39 is 0 Å². The van der Waals surface area contributed by atoms with Gasteiger partial charge < -0.3 is 13.6 Å². The molecule has 6 nitrogen and oxygen atoms in total. The van der Waals surface area contributed by atoms with Crippen molar-refractivity contribution in [2.75, 3.05) is 0 Å². The molecule has 56 heavy (non-hydrogen) atoms. The van der Waals surface area contributed by atoms with Gasteiger partial charge >= 0.3 is 0 Å². The summed E-state index contributed by atoms with van der Waals surface area (Å²) >= 11 is 0. The number of hydrogen-bond acceptors (Lipinski definition) is 3. The van der Waals surface area contributed by atoms with Crippen LogP contribution in [0.3, 0.4) is 0 Å². The summed E-state index contributed by atoms with van der Waals surface area (Å²) in [5, 5.41) is 16.6. The molecule has 0 aliphatic carbocycles. The van der Waals surface area contributed by atoms with Gasteiger partial charge in [-0.1, -0.05) is 133 Å². The fourth-order valence-electron chi connectivity index (χ4n) is 8.75. The Morgan fingerprint density at radius 1 is 0.339 bits per heavy atom. The summed E-state index contributed by atoms with van der Waals surface area (Å²) in [4.78, 5) is 0. The number of nitrogens with zero attached hydrogens (tertiary/aromatic N) is 5. The molecule has 0 N–H and O–H groups in total. The summed E-state index contributed by atoms with van der Waals surface area (Å²) in [6.07, 6.45) is 0. The van der Waals surface area contributed by atoms with E-state index in [9.17, 15) is 0 Å². The van der Waals surface area contributed by atoms with Gasteiger partial charge in [0.2, 0.25) is 0 Å². The standard InChI is InChI=1S/C50H31N5O/c1-3-15-32(16-4-1)49-51-52-50(33-17-5-2-6-18-33)55(49)44-27-14-24-39-36-21-7-11-26-43(36)54(48(39)44)35-20-13-19-34(29-35)53-42-25-10-8-22-37(42)40-31-47-41(30-45(40)53)38-23-9-12-28-46(38)56-47/h1-31H. The molecule has 6 heteroatoms. The van der Waals surface area contributed by atoms with Crippen molar-refractivity contribution in [1.82, 2.24) is 23.9 Å². The molecule has 0 amide bonds. The maximum absolute atomic E-state index is 6.37. The van der Waals surface area contributed by atoms with Gasteiger partial charge in [-0.25, -0.2) is 0 Å². The molecule has 0 aliphatic heterocycles. The van der Waals surface area contributed by atoms with Crippen LogP contribution in [-0.4, -0.2) is 23.9 Å². The van der Waals surface area contributed by atoms with Gasteiger partial charge in [-0.2, -0.15) is 0 Å². The molecule has 0 atom stereocenters. The number of furan rings is 1. The van der Waals surface area contributed by atoms with Crippen LogP contribution < -0.4 is 0 Å². The third-order valence-electron chi connectivity index (χ3n) is 11.2. The van der Waals surface area contributed by atoms with Crippen LogP contribution in [0, 0.1) is 0 Å². The summed E-state index contributed by atoms with van der Waals surface area (Å²) in [5.74, 6) is 1.57. The molecule has 0 fully saturated rings. The van der Waals surface area contributed by atoms with Crippen molar-refractivity contribution in [2.24, 2.45) is 0 Å². The summed E-state index contributed by atoms with van der Waals surface area (Å²) in [6.45, 7) is 0. The van der Waals surface area contributed by atoms with Gasteiger partial charge in [0.1, 0.15) is 11.2 Å². The van der Waals surface area contributed by atoms with Crippen LogP contribution >= 0.6 is 0 Å². The monoisotopic (exact) mass is 717 g/mol. The third-order valence-corrected chi connectivity index (χ3v) is 11.2. The Kier molecular flexibility index (Phi) is 6.53. The summed E-state index contributed by atoms with van der Waals surface area (Å²) in [5.41, 5.74) is 11.4. The van der Waals surface area contributed by atoms with E-state index in [1.54, 1.807) is 0 Å². The van der Waals surface area contributed by atoms with Crippen molar-refractivity contribution in [3.8, 4) is 39.8 Å². The first-order chi connectivity index (χ1) is 27.8.